The van der Waals surface area contributed by atoms with E-state index < -0.39 is 5.97 Å². The van der Waals surface area contributed by atoms with Gasteiger partial charge in [-0.3, -0.25) is 4.79 Å². The van der Waals surface area contributed by atoms with E-state index in [0.717, 1.165) is 11.8 Å². The second-order valence-corrected chi connectivity index (χ2v) is 4.97. The Labute approximate surface area is 123 Å². The molecule has 0 saturated heterocycles. The number of carboxylic acid groups (broad SMARTS) is 1. The molecule has 2 N–H and O–H groups in total. The molecule has 2 aromatic rings. The number of aromatic nitrogens is 1. The van der Waals surface area contributed by atoms with E-state index in [1.807, 2.05) is 0 Å². The average molecular weight is 313 g/mol. The smallest absolute Gasteiger partial charge is 0.335 e. The first kappa shape index (κ1) is 14.4. The Balaban J connectivity index is 2.00. The van der Waals surface area contributed by atoms with E-state index >= 15 is 0 Å². The van der Waals surface area contributed by atoms with Crippen molar-refractivity contribution in [3.63, 3.8) is 0 Å². The van der Waals surface area contributed by atoms with E-state index in [9.17, 15) is 9.59 Å². The summed E-state index contributed by atoms with van der Waals surface area (Å²) >= 11 is 7.02. The van der Waals surface area contributed by atoms with Crippen molar-refractivity contribution in [1.29, 1.82) is 0 Å². The van der Waals surface area contributed by atoms with Crippen molar-refractivity contribution in [3.05, 3.63) is 41.2 Å². The Morgan fingerprint density at radius 1 is 1.45 bits per heavy atom. The van der Waals surface area contributed by atoms with Crippen molar-refractivity contribution in [2.75, 3.05) is 11.1 Å². The average Bonchev–Trinajstić information content (AvgIpc) is 2.92. The molecule has 0 aliphatic carbocycles. The van der Waals surface area contributed by atoms with Crippen LogP contribution in [0.15, 0.2) is 40.3 Å². The van der Waals surface area contributed by atoms with Gasteiger partial charge in [-0.15, -0.1) is 0 Å². The number of nitrogens with zero attached hydrogens (tertiary/aromatic N) is 1. The molecule has 1 heterocycles. The summed E-state index contributed by atoms with van der Waals surface area (Å²) in [6.07, 6.45) is 2.89. The van der Waals surface area contributed by atoms with Crippen LogP contribution in [0.5, 0.6) is 0 Å². The molecule has 1 aromatic carbocycles. The summed E-state index contributed by atoms with van der Waals surface area (Å²) in [5.74, 6) is -1.35. The first-order valence-electron chi connectivity index (χ1n) is 5.41. The molecule has 0 atom stereocenters. The van der Waals surface area contributed by atoms with Crippen LogP contribution in [0, 0.1) is 0 Å². The maximum Gasteiger partial charge on any atom is 0.335 e. The molecule has 0 radical (unpaired) electrons. The number of carbonyl (C=O) groups is 2. The second kappa shape index (κ2) is 6.44. The van der Waals surface area contributed by atoms with E-state index in [1.165, 1.54) is 30.7 Å². The standard InChI is InChI=1S/C12H9ClN2O4S/c13-8-2-1-7(11(17)18)5-9(8)15-10(16)6-20-12-14-3-4-19-12/h1-5H,6H2,(H,15,16)(H,17,18). The third-order valence-corrected chi connectivity index (χ3v) is 3.41. The van der Waals surface area contributed by atoms with Gasteiger partial charge < -0.3 is 14.8 Å². The van der Waals surface area contributed by atoms with Crippen molar-refractivity contribution in [2.45, 2.75) is 5.22 Å². The highest BCUT2D eigenvalue weighted by Crippen LogP contribution is 2.24. The number of oxazole rings is 1. The van der Waals surface area contributed by atoms with Crippen molar-refractivity contribution in [3.8, 4) is 0 Å². The third-order valence-electron chi connectivity index (χ3n) is 2.22. The van der Waals surface area contributed by atoms with Crippen LogP contribution in [0.2, 0.25) is 5.02 Å². The largest absolute Gasteiger partial charge is 0.478 e. The van der Waals surface area contributed by atoms with Gasteiger partial charge in [-0.2, -0.15) is 0 Å². The van der Waals surface area contributed by atoms with Crippen molar-refractivity contribution < 1.29 is 19.1 Å². The molecule has 0 aliphatic heterocycles. The highest BCUT2D eigenvalue weighted by molar-refractivity contribution is 7.99. The first-order chi connectivity index (χ1) is 9.56. The summed E-state index contributed by atoms with van der Waals surface area (Å²) in [5, 5.41) is 12.1. The van der Waals surface area contributed by atoms with Gasteiger partial charge in [-0.05, 0) is 18.2 Å². The van der Waals surface area contributed by atoms with Gasteiger partial charge in [0.1, 0.15) is 6.26 Å². The van der Waals surface area contributed by atoms with Gasteiger partial charge in [-0.25, -0.2) is 9.78 Å². The SMILES string of the molecule is O=C(CSc1ncco1)Nc1cc(C(=O)O)ccc1Cl. The zero-order chi connectivity index (χ0) is 14.5. The Kier molecular flexibility index (Phi) is 4.65. The predicted molar refractivity (Wildman–Crippen MR) is 74.3 cm³/mol. The number of thioether (sulfide) groups is 1. The van der Waals surface area contributed by atoms with Crippen LogP contribution in [0.4, 0.5) is 5.69 Å². The molecule has 8 heteroatoms. The van der Waals surface area contributed by atoms with Gasteiger partial charge in [0.2, 0.25) is 5.91 Å². The van der Waals surface area contributed by atoms with Crippen LogP contribution < -0.4 is 5.32 Å². The van der Waals surface area contributed by atoms with Gasteiger partial charge in [0, 0.05) is 0 Å². The van der Waals surface area contributed by atoms with Crippen LogP contribution >= 0.6 is 23.4 Å². The van der Waals surface area contributed by atoms with Gasteiger partial charge in [-0.1, -0.05) is 23.4 Å². The van der Waals surface area contributed by atoms with E-state index in [1.54, 1.807) is 0 Å². The molecule has 6 nitrogen and oxygen atoms in total. The molecule has 0 saturated carbocycles. The Morgan fingerprint density at radius 2 is 2.25 bits per heavy atom. The molecule has 0 aliphatic rings. The molecule has 1 aromatic heterocycles. The summed E-state index contributed by atoms with van der Waals surface area (Å²) in [5.41, 5.74) is 0.301. The van der Waals surface area contributed by atoms with Crippen LogP contribution in [0.3, 0.4) is 0 Å². The number of rotatable bonds is 5. The molecule has 104 valence electrons. The molecule has 20 heavy (non-hydrogen) atoms. The van der Waals surface area contributed by atoms with Crippen molar-refractivity contribution in [1.82, 2.24) is 4.98 Å². The minimum Gasteiger partial charge on any atom is -0.478 e. The molecule has 0 spiro atoms. The monoisotopic (exact) mass is 312 g/mol. The van der Waals surface area contributed by atoms with E-state index in [2.05, 4.69) is 10.3 Å². The summed E-state index contributed by atoms with van der Waals surface area (Å²) < 4.78 is 4.98. The van der Waals surface area contributed by atoms with E-state index in [-0.39, 0.29) is 27.9 Å². The lowest BCUT2D eigenvalue weighted by molar-refractivity contribution is -0.113. The molecular formula is C12H9ClN2O4S. The van der Waals surface area contributed by atoms with Crippen molar-refractivity contribution >= 4 is 40.9 Å². The van der Waals surface area contributed by atoms with Crippen LogP contribution in [-0.4, -0.2) is 27.7 Å². The van der Waals surface area contributed by atoms with Crippen LogP contribution in [0.1, 0.15) is 10.4 Å². The molecular weight excluding hydrogens is 304 g/mol. The number of carboxylic acids is 1. The minimum atomic E-state index is -1.09. The van der Waals surface area contributed by atoms with Gasteiger partial charge in [0.05, 0.1) is 28.2 Å². The van der Waals surface area contributed by atoms with E-state index in [4.69, 9.17) is 21.1 Å². The predicted octanol–water partition coefficient (Wildman–Crippen LogP) is 2.76. The summed E-state index contributed by atoms with van der Waals surface area (Å²) in [6, 6.07) is 4.09. The lowest BCUT2D eigenvalue weighted by Crippen LogP contribution is -2.14. The van der Waals surface area contributed by atoms with E-state index in [0.29, 0.717) is 5.22 Å². The topological polar surface area (TPSA) is 92.4 Å². The molecule has 1 amide bonds. The number of nitrogens with one attached hydrogen (secondary N) is 1. The fourth-order valence-electron chi connectivity index (χ4n) is 1.35. The highest BCUT2D eigenvalue weighted by Gasteiger charge is 2.11. The van der Waals surface area contributed by atoms with Gasteiger partial charge >= 0.3 is 5.97 Å². The lowest BCUT2D eigenvalue weighted by atomic mass is 10.2. The molecule has 0 fully saturated rings. The van der Waals surface area contributed by atoms with Gasteiger partial charge in [0.25, 0.3) is 5.22 Å². The number of benzene rings is 1. The number of aromatic carboxylic acids is 1. The number of hydrogen-bond donors (Lipinski definition) is 2. The number of hydrogen-bond acceptors (Lipinski definition) is 5. The maximum atomic E-state index is 11.7. The third kappa shape index (κ3) is 3.75. The zero-order valence-corrected chi connectivity index (χ0v) is 11.6. The Bertz CT molecular complexity index is 630. The minimum absolute atomic E-state index is 0.0463. The number of carbonyl (C=O) groups excluding carboxylic acids is 1. The second-order valence-electron chi connectivity index (χ2n) is 3.63. The summed E-state index contributed by atoms with van der Waals surface area (Å²) in [6.45, 7) is 0. The number of halogens is 1. The molecule has 0 unspecified atom stereocenters. The highest BCUT2D eigenvalue weighted by atomic mass is 35.5. The fraction of sp³-hybridized carbons (Fsp3) is 0.0833. The molecule has 0 bridgehead atoms. The molecule has 2 rings (SSSR count). The van der Waals surface area contributed by atoms with Crippen LogP contribution in [0.25, 0.3) is 0 Å². The van der Waals surface area contributed by atoms with Gasteiger partial charge in [0.15, 0.2) is 0 Å². The van der Waals surface area contributed by atoms with Crippen molar-refractivity contribution in [2.24, 2.45) is 0 Å². The summed E-state index contributed by atoms with van der Waals surface area (Å²) in [7, 11) is 0. The first-order valence-corrected chi connectivity index (χ1v) is 6.77. The number of anilines is 1. The van der Waals surface area contributed by atoms with Crippen LogP contribution in [-0.2, 0) is 4.79 Å². The lowest BCUT2D eigenvalue weighted by Gasteiger charge is -2.07. The number of amides is 1. The zero-order valence-electron chi connectivity index (χ0n) is 10.00. The Hall–Kier alpha value is -1.99. The quantitative estimate of drug-likeness (QED) is 0.825. The maximum absolute atomic E-state index is 11.7. The normalized spacial score (nSPS) is 10.2. The Morgan fingerprint density at radius 3 is 2.90 bits per heavy atom. The fourth-order valence-corrected chi connectivity index (χ4v) is 2.10. The summed E-state index contributed by atoms with van der Waals surface area (Å²) in [4.78, 5) is 26.4.